The van der Waals surface area contributed by atoms with E-state index in [1.54, 1.807) is 6.08 Å². The number of fused-ring (bicyclic) bond motifs is 2. The summed E-state index contributed by atoms with van der Waals surface area (Å²) in [6, 6.07) is 22.2. The summed E-state index contributed by atoms with van der Waals surface area (Å²) in [6.45, 7) is 1.03. The maximum Gasteiger partial charge on any atom is 0.244 e. The molecule has 0 aliphatic carbocycles. The summed E-state index contributed by atoms with van der Waals surface area (Å²) in [7, 11) is 0. The number of piperidine rings is 2. The number of amides is 1. The lowest BCUT2D eigenvalue weighted by molar-refractivity contribution is -0.118. The van der Waals surface area contributed by atoms with Crippen molar-refractivity contribution in [2.75, 3.05) is 0 Å². The van der Waals surface area contributed by atoms with Crippen molar-refractivity contribution >= 4 is 12.0 Å². The highest BCUT2D eigenvalue weighted by Crippen LogP contribution is 2.35. The Bertz CT molecular complexity index is 757. The Labute approximate surface area is 162 Å². The summed E-state index contributed by atoms with van der Waals surface area (Å²) in [6.07, 6.45) is 9.49. The van der Waals surface area contributed by atoms with Crippen molar-refractivity contribution < 1.29 is 4.79 Å². The van der Waals surface area contributed by atoms with Crippen molar-refractivity contribution in [1.29, 1.82) is 0 Å². The van der Waals surface area contributed by atoms with E-state index in [0.717, 1.165) is 24.9 Å². The number of nitrogens with zero attached hydrogens (tertiary/aromatic N) is 1. The van der Waals surface area contributed by atoms with Crippen LogP contribution < -0.4 is 5.32 Å². The Morgan fingerprint density at radius 3 is 2.26 bits per heavy atom. The minimum absolute atomic E-state index is 0.0263. The maximum absolute atomic E-state index is 12.4. The molecule has 0 spiro atoms. The first-order chi connectivity index (χ1) is 13.3. The zero-order valence-electron chi connectivity index (χ0n) is 15.8. The van der Waals surface area contributed by atoms with Gasteiger partial charge in [-0.15, -0.1) is 0 Å². The fraction of sp³-hybridized carbons (Fsp3) is 0.375. The number of benzene rings is 2. The Hall–Kier alpha value is -2.39. The minimum atomic E-state index is 0.0263. The molecule has 2 aliphatic heterocycles. The van der Waals surface area contributed by atoms with Gasteiger partial charge in [0.2, 0.25) is 5.91 Å². The van der Waals surface area contributed by atoms with Crippen molar-refractivity contribution in [2.45, 2.75) is 56.8 Å². The normalized spacial score (nSPS) is 25.4. The largest absolute Gasteiger partial charge is 0.350 e. The molecule has 140 valence electrons. The quantitative estimate of drug-likeness (QED) is 0.802. The number of carbonyl (C=O) groups excluding carboxylic acids is 1. The van der Waals surface area contributed by atoms with Crippen LogP contribution in [-0.4, -0.2) is 28.9 Å². The van der Waals surface area contributed by atoms with Gasteiger partial charge >= 0.3 is 0 Å². The first-order valence-electron chi connectivity index (χ1n) is 10.1. The van der Waals surface area contributed by atoms with Crippen LogP contribution in [0.4, 0.5) is 0 Å². The van der Waals surface area contributed by atoms with Gasteiger partial charge < -0.3 is 5.32 Å². The molecule has 0 radical (unpaired) electrons. The predicted octanol–water partition coefficient (Wildman–Crippen LogP) is 4.40. The number of hydrogen-bond acceptors (Lipinski definition) is 2. The number of hydrogen-bond donors (Lipinski definition) is 1. The molecule has 3 heteroatoms. The number of carbonyl (C=O) groups is 1. The molecule has 3 nitrogen and oxygen atoms in total. The Balaban J connectivity index is 1.35. The van der Waals surface area contributed by atoms with Crippen LogP contribution in [0.1, 0.15) is 43.2 Å². The van der Waals surface area contributed by atoms with E-state index in [0.29, 0.717) is 18.1 Å². The van der Waals surface area contributed by atoms with Crippen molar-refractivity contribution in [1.82, 2.24) is 10.2 Å². The van der Waals surface area contributed by atoms with E-state index in [1.165, 1.54) is 24.8 Å². The van der Waals surface area contributed by atoms with E-state index >= 15 is 0 Å². The second-order valence-corrected chi connectivity index (χ2v) is 7.82. The van der Waals surface area contributed by atoms with Gasteiger partial charge in [-0.1, -0.05) is 67.1 Å². The second kappa shape index (κ2) is 8.53. The minimum Gasteiger partial charge on any atom is -0.350 e. The average molecular weight is 361 g/mol. The van der Waals surface area contributed by atoms with E-state index in [-0.39, 0.29) is 5.91 Å². The molecular weight excluding hydrogens is 332 g/mol. The standard InChI is InChI=1S/C24H28N2O/c27-24(15-14-19-8-3-1-4-9-19)25-21-16-22-12-7-13-23(17-21)26(22)18-20-10-5-2-6-11-20/h1-6,8-11,14-15,21-23H,7,12-13,16-18H2,(H,25,27)/b15-14+/t22-,23-/m0/s1. The lowest BCUT2D eigenvalue weighted by Gasteiger charge is -2.49. The lowest BCUT2D eigenvalue weighted by Crippen LogP contribution is -2.56. The molecule has 2 aromatic rings. The van der Waals surface area contributed by atoms with Crippen LogP contribution in [0, 0.1) is 0 Å². The molecule has 0 saturated carbocycles. The Kier molecular flexibility index (Phi) is 5.69. The Morgan fingerprint density at radius 1 is 0.963 bits per heavy atom. The first kappa shape index (κ1) is 18.0. The van der Waals surface area contributed by atoms with Gasteiger partial charge in [-0.2, -0.15) is 0 Å². The van der Waals surface area contributed by atoms with Gasteiger partial charge in [-0.3, -0.25) is 9.69 Å². The SMILES string of the molecule is O=C(/C=C/c1ccccc1)NC1C[C@@H]2CCC[C@@H](C1)N2Cc1ccccc1. The van der Waals surface area contributed by atoms with E-state index in [4.69, 9.17) is 0 Å². The van der Waals surface area contributed by atoms with E-state index < -0.39 is 0 Å². The molecule has 2 saturated heterocycles. The zero-order valence-corrected chi connectivity index (χ0v) is 15.8. The molecular formula is C24H28N2O. The molecule has 0 unspecified atom stereocenters. The monoisotopic (exact) mass is 360 g/mol. The van der Waals surface area contributed by atoms with Crippen LogP contribution in [-0.2, 0) is 11.3 Å². The molecule has 2 aromatic carbocycles. The van der Waals surface area contributed by atoms with Gasteiger partial charge in [-0.05, 0) is 42.9 Å². The molecule has 2 heterocycles. The summed E-state index contributed by atoms with van der Waals surface area (Å²) < 4.78 is 0. The summed E-state index contributed by atoms with van der Waals surface area (Å²) in [4.78, 5) is 15.0. The third kappa shape index (κ3) is 4.67. The summed E-state index contributed by atoms with van der Waals surface area (Å²) in [5, 5.41) is 3.25. The van der Waals surface area contributed by atoms with Gasteiger partial charge in [0.25, 0.3) is 0 Å². The Morgan fingerprint density at radius 2 is 1.59 bits per heavy atom. The molecule has 2 fully saturated rings. The highest BCUT2D eigenvalue weighted by atomic mass is 16.1. The van der Waals surface area contributed by atoms with E-state index in [1.807, 2.05) is 36.4 Å². The molecule has 1 N–H and O–H groups in total. The number of rotatable bonds is 5. The van der Waals surface area contributed by atoms with Crippen molar-refractivity contribution in [3.8, 4) is 0 Å². The fourth-order valence-corrected chi connectivity index (χ4v) is 4.63. The van der Waals surface area contributed by atoms with Crippen LogP contribution in [0.25, 0.3) is 6.08 Å². The third-order valence-electron chi connectivity index (χ3n) is 5.91. The summed E-state index contributed by atoms with van der Waals surface area (Å²) >= 11 is 0. The lowest BCUT2D eigenvalue weighted by atomic mass is 9.81. The van der Waals surface area contributed by atoms with Gasteiger partial charge in [0, 0.05) is 30.7 Å². The van der Waals surface area contributed by atoms with Gasteiger partial charge in [-0.25, -0.2) is 0 Å². The van der Waals surface area contributed by atoms with Gasteiger partial charge in [0.1, 0.15) is 0 Å². The van der Waals surface area contributed by atoms with Crippen LogP contribution in [0.5, 0.6) is 0 Å². The molecule has 27 heavy (non-hydrogen) atoms. The molecule has 4 rings (SSSR count). The van der Waals surface area contributed by atoms with E-state index in [9.17, 15) is 4.79 Å². The van der Waals surface area contributed by atoms with Gasteiger partial charge in [0.05, 0.1) is 0 Å². The second-order valence-electron chi connectivity index (χ2n) is 7.82. The highest BCUT2D eigenvalue weighted by molar-refractivity contribution is 5.91. The summed E-state index contributed by atoms with van der Waals surface area (Å²) in [5.74, 6) is 0.0263. The zero-order chi connectivity index (χ0) is 18.5. The third-order valence-corrected chi connectivity index (χ3v) is 5.91. The smallest absolute Gasteiger partial charge is 0.244 e. The average Bonchev–Trinajstić information content (AvgIpc) is 2.69. The molecule has 0 aromatic heterocycles. The van der Waals surface area contributed by atoms with Crippen LogP contribution in [0.15, 0.2) is 66.7 Å². The van der Waals surface area contributed by atoms with Crippen LogP contribution >= 0.6 is 0 Å². The topological polar surface area (TPSA) is 32.3 Å². The van der Waals surface area contributed by atoms with Crippen molar-refractivity contribution in [2.24, 2.45) is 0 Å². The molecule has 2 aliphatic rings. The van der Waals surface area contributed by atoms with Crippen molar-refractivity contribution in [3.63, 3.8) is 0 Å². The fourth-order valence-electron chi connectivity index (χ4n) is 4.63. The van der Waals surface area contributed by atoms with Crippen LogP contribution in [0.2, 0.25) is 0 Å². The maximum atomic E-state index is 12.4. The van der Waals surface area contributed by atoms with E-state index in [2.05, 4.69) is 40.5 Å². The molecule has 2 bridgehead atoms. The molecule has 1 amide bonds. The summed E-state index contributed by atoms with van der Waals surface area (Å²) in [5.41, 5.74) is 2.45. The number of nitrogens with one attached hydrogen (secondary N) is 1. The van der Waals surface area contributed by atoms with Gasteiger partial charge in [0.15, 0.2) is 0 Å². The van der Waals surface area contributed by atoms with Crippen molar-refractivity contribution in [3.05, 3.63) is 77.9 Å². The predicted molar refractivity (Wildman–Crippen MR) is 110 cm³/mol. The first-order valence-corrected chi connectivity index (χ1v) is 10.1. The molecule has 2 atom stereocenters. The van der Waals surface area contributed by atoms with Crippen LogP contribution in [0.3, 0.4) is 0 Å². The highest BCUT2D eigenvalue weighted by Gasteiger charge is 2.38.